The number of ether oxygens (including phenoxy) is 2. The molecule has 0 atom stereocenters. The molecule has 0 bridgehead atoms. The van der Waals surface area contributed by atoms with Gasteiger partial charge in [-0.25, -0.2) is 4.79 Å². The van der Waals surface area contributed by atoms with Crippen LogP contribution in [0.25, 0.3) is 0 Å². The number of halogens is 1. The van der Waals surface area contributed by atoms with Crippen molar-refractivity contribution < 1.29 is 14.3 Å². The second-order valence-corrected chi connectivity index (χ2v) is 5.79. The lowest BCUT2D eigenvalue weighted by molar-refractivity contribution is -0.184. The Hall–Kier alpha value is -1.19. The first-order valence-electron chi connectivity index (χ1n) is 6.81. The van der Waals surface area contributed by atoms with Crippen LogP contribution in [0.15, 0.2) is 29.3 Å². The van der Waals surface area contributed by atoms with Crippen LogP contribution >= 0.6 is 11.6 Å². The number of hydrogen-bond acceptors (Lipinski definition) is 4. The molecule has 0 N–H and O–H groups in total. The lowest BCUT2D eigenvalue weighted by Gasteiger charge is -2.40. The molecule has 0 aromatic heterocycles. The Morgan fingerprint density at radius 1 is 1.05 bits per heavy atom. The van der Waals surface area contributed by atoms with Crippen LogP contribution in [0.1, 0.15) is 31.2 Å². The van der Waals surface area contributed by atoms with Gasteiger partial charge in [-0.3, -0.25) is 0 Å². The van der Waals surface area contributed by atoms with Gasteiger partial charge in [0.05, 0.1) is 18.8 Å². The summed E-state index contributed by atoms with van der Waals surface area (Å²) in [6.07, 6.45) is 4.63. The predicted octanol–water partition coefficient (Wildman–Crippen LogP) is 3.19. The summed E-state index contributed by atoms with van der Waals surface area (Å²) in [5, 5.41) is 0.675. The number of nitrogens with zero attached hydrogens (tertiary/aromatic N) is 1. The molecule has 4 nitrogen and oxygen atoms in total. The van der Waals surface area contributed by atoms with Crippen LogP contribution in [-0.4, -0.2) is 25.1 Å². The fourth-order valence-corrected chi connectivity index (χ4v) is 3.27. The van der Waals surface area contributed by atoms with E-state index >= 15 is 0 Å². The molecule has 1 aromatic rings. The van der Waals surface area contributed by atoms with Gasteiger partial charge in [0.2, 0.25) is 6.08 Å². The van der Waals surface area contributed by atoms with E-state index in [1.54, 1.807) is 6.08 Å². The third-order valence-electron chi connectivity index (χ3n) is 4.29. The summed E-state index contributed by atoms with van der Waals surface area (Å²) in [5.74, 6) is -0.464. The van der Waals surface area contributed by atoms with E-state index in [0.717, 1.165) is 18.4 Å². The molecule has 106 valence electrons. The van der Waals surface area contributed by atoms with Crippen molar-refractivity contribution in [1.29, 1.82) is 0 Å². The Morgan fingerprint density at radius 2 is 1.65 bits per heavy atom. The monoisotopic (exact) mass is 293 g/mol. The Balaban J connectivity index is 1.87. The van der Waals surface area contributed by atoms with Crippen molar-refractivity contribution in [2.75, 3.05) is 13.2 Å². The van der Waals surface area contributed by atoms with Crippen LogP contribution in [0, 0.1) is 0 Å². The Labute approximate surface area is 122 Å². The van der Waals surface area contributed by atoms with Crippen molar-refractivity contribution in [2.45, 2.75) is 37.0 Å². The molecule has 0 unspecified atom stereocenters. The van der Waals surface area contributed by atoms with E-state index in [1.807, 2.05) is 24.3 Å². The number of benzene rings is 1. The third kappa shape index (κ3) is 2.40. The molecule has 2 fully saturated rings. The van der Waals surface area contributed by atoms with Crippen LogP contribution < -0.4 is 0 Å². The maximum absolute atomic E-state index is 10.9. The zero-order valence-electron chi connectivity index (χ0n) is 11.1. The van der Waals surface area contributed by atoms with E-state index in [2.05, 4.69) is 4.99 Å². The molecule has 2 aliphatic rings. The molecular formula is C15H16ClNO3. The van der Waals surface area contributed by atoms with Crippen molar-refractivity contribution >= 4 is 17.7 Å². The van der Waals surface area contributed by atoms with Gasteiger partial charge in [-0.2, -0.15) is 4.99 Å². The number of hydrogen-bond donors (Lipinski definition) is 0. The van der Waals surface area contributed by atoms with E-state index in [4.69, 9.17) is 21.1 Å². The Kier molecular flexibility index (Phi) is 3.65. The van der Waals surface area contributed by atoms with Crippen LogP contribution in [-0.2, 0) is 19.8 Å². The van der Waals surface area contributed by atoms with Crippen LogP contribution in [0.5, 0.6) is 0 Å². The predicted molar refractivity (Wildman–Crippen MR) is 74.4 cm³/mol. The van der Waals surface area contributed by atoms with Crippen LogP contribution in [0.3, 0.4) is 0 Å². The maximum Gasteiger partial charge on any atom is 0.235 e. The first kappa shape index (κ1) is 13.8. The summed E-state index contributed by atoms with van der Waals surface area (Å²) < 4.78 is 11.4. The van der Waals surface area contributed by atoms with Crippen LogP contribution in [0.2, 0.25) is 5.02 Å². The second-order valence-electron chi connectivity index (χ2n) is 5.35. The summed E-state index contributed by atoms with van der Waals surface area (Å²) >= 11 is 5.92. The van der Waals surface area contributed by atoms with Crippen molar-refractivity contribution in [3.05, 3.63) is 34.9 Å². The summed E-state index contributed by atoms with van der Waals surface area (Å²) in [7, 11) is 0. The Morgan fingerprint density at radius 3 is 2.20 bits per heavy atom. The molecule has 1 aromatic carbocycles. The van der Waals surface area contributed by atoms with Crippen molar-refractivity contribution in [3.8, 4) is 0 Å². The lowest BCUT2D eigenvalue weighted by Crippen LogP contribution is -2.41. The van der Waals surface area contributed by atoms with Gasteiger partial charge in [0, 0.05) is 17.9 Å². The van der Waals surface area contributed by atoms with E-state index in [-0.39, 0.29) is 0 Å². The highest BCUT2D eigenvalue weighted by molar-refractivity contribution is 6.30. The van der Waals surface area contributed by atoms with E-state index < -0.39 is 11.3 Å². The largest absolute Gasteiger partial charge is 0.348 e. The molecule has 0 radical (unpaired) electrons. The molecule has 1 aliphatic heterocycles. The van der Waals surface area contributed by atoms with Gasteiger partial charge < -0.3 is 9.47 Å². The fourth-order valence-electron chi connectivity index (χ4n) is 3.14. The zero-order chi connectivity index (χ0) is 14.1. The summed E-state index contributed by atoms with van der Waals surface area (Å²) in [5.41, 5.74) is 0.477. The van der Waals surface area contributed by atoms with Crippen molar-refractivity contribution in [3.63, 3.8) is 0 Å². The molecule has 20 heavy (non-hydrogen) atoms. The maximum atomic E-state index is 10.9. The summed E-state index contributed by atoms with van der Waals surface area (Å²) in [4.78, 5) is 15.0. The molecule has 1 spiro atoms. The molecule has 1 aliphatic carbocycles. The molecule has 1 heterocycles. The Bertz CT molecular complexity index is 521. The van der Waals surface area contributed by atoms with E-state index in [1.165, 1.54) is 0 Å². The first-order valence-corrected chi connectivity index (χ1v) is 7.19. The minimum Gasteiger partial charge on any atom is -0.348 e. The van der Waals surface area contributed by atoms with Gasteiger partial charge in [0.15, 0.2) is 5.79 Å². The average molecular weight is 294 g/mol. The van der Waals surface area contributed by atoms with Gasteiger partial charge in [0.1, 0.15) is 0 Å². The minimum atomic E-state index is -0.521. The van der Waals surface area contributed by atoms with Crippen LogP contribution in [0.4, 0.5) is 0 Å². The normalized spacial score (nSPS) is 23.4. The molecule has 5 heteroatoms. The van der Waals surface area contributed by atoms with E-state index in [0.29, 0.717) is 31.1 Å². The number of aliphatic imine (C=N–C) groups is 1. The topological polar surface area (TPSA) is 47.9 Å². The smallest absolute Gasteiger partial charge is 0.235 e. The van der Waals surface area contributed by atoms with Gasteiger partial charge >= 0.3 is 0 Å². The van der Waals surface area contributed by atoms with E-state index in [9.17, 15) is 4.79 Å². The van der Waals surface area contributed by atoms with Crippen molar-refractivity contribution in [1.82, 2.24) is 0 Å². The summed E-state index contributed by atoms with van der Waals surface area (Å²) in [6, 6.07) is 7.51. The van der Waals surface area contributed by atoms with Gasteiger partial charge in [-0.05, 0) is 30.5 Å². The molecular weight excluding hydrogens is 278 g/mol. The SMILES string of the molecule is O=C=NC1(c2ccc(Cl)cc2)CCC2(CC1)OCCO2. The first-order chi connectivity index (χ1) is 9.68. The highest BCUT2D eigenvalue weighted by Crippen LogP contribution is 2.47. The van der Waals surface area contributed by atoms with Gasteiger partial charge in [-0.15, -0.1) is 0 Å². The quantitative estimate of drug-likeness (QED) is 0.621. The van der Waals surface area contributed by atoms with Gasteiger partial charge in [0.25, 0.3) is 0 Å². The number of isocyanates is 1. The number of carbonyl (C=O) groups excluding carboxylic acids is 1. The highest BCUT2D eigenvalue weighted by Gasteiger charge is 2.47. The molecule has 1 saturated carbocycles. The number of rotatable bonds is 2. The fraction of sp³-hybridized carbons (Fsp3) is 0.533. The minimum absolute atomic E-state index is 0.464. The van der Waals surface area contributed by atoms with Crippen molar-refractivity contribution in [2.24, 2.45) is 4.99 Å². The lowest BCUT2D eigenvalue weighted by atomic mass is 9.75. The summed E-state index contributed by atoms with van der Waals surface area (Å²) in [6.45, 7) is 1.29. The zero-order valence-corrected chi connectivity index (χ0v) is 11.9. The highest BCUT2D eigenvalue weighted by atomic mass is 35.5. The molecule has 3 rings (SSSR count). The third-order valence-corrected chi connectivity index (χ3v) is 4.55. The van der Waals surface area contributed by atoms with Gasteiger partial charge in [-0.1, -0.05) is 23.7 Å². The molecule has 1 saturated heterocycles. The molecule has 0 amide bonds. The average Bonchev–Trinajstić information content (AvgIpc) is 2.92. The standard InChI is InChI=1S/C15H16ClNO3/c16-13-3-1-12(2-4-13)14(17-11-18)5-7-15(8-6-14)19-9-10-20-15/h1-4H,5-10H2. The second kappa shape index (κ2) is 5.30.